The Morgan fingerprint density at radius 2 is 2.08 bits per heavy atom. The van der Waals surface area contributed by atoms with Gasteiger partial charge in [-0.3, -0.25) is 4.79 Å². The topological polar surface area (TPSA) is 115 Å². The summed E-state index contributed by atoms with van der Waals surface area (Å²) in [4.78, 5) is 18.0. The number of halogens is 1. The van der Waals surface area contributed by atoms with Crippen LogP contribution in [-0.2, 0) is 11.2 Å². The SMILES string of the molecule is CC1CN(c2c(CCO)nc3c(C(N)=O)noc3c2Cl)CC(C)O1. The van der Waals surface area contributed by atoms with Crippen molar-refractivity contribution in [2.45, 2.75) is 32.5 Å². The predicted molar refractivity (Wildman–Crippen MR) is 88.3 cm³/mol. The third-order valence-electron chi connectivity index (χ3n) is 3.91. The van der Waals surface area contributed by atoms with Crippen molar-refractivity contribution in [3.8, 4) is 0 Å². The first kappa shape index (κ1) is 16.9. The van der Waals surface area contributed by atoms with Gasteiger partial charge < -0.3 is 25.0 Å². The molecule has 1 aliphatic heterocycles. The number of hydrogen-bond acceptors (Lipinski definition) is 7. The van der Waals surface area contributed by atoms with Crippen molar-refractivity contribution in [1.82, 2.24) is 10.1 Å². The van der Waals surface area contributed by atoms with Crippen molar-refractivity contribution in [1.29, 1.82) is 0 Å². The smallest absolute Gasteiger partial charge is 0.273 e. The number of primary amides is 1. The molecule has 0 spiro atoms. The van der Waals surface area contributed by atoms with E-state index in [1.54, 1.807) is 0 Å². The van der Waals surface area contributed by atoms with Crippen molar-refractivity contribution in [2.24, 2.45) is 5.73 Å². The highest BCUT2D eigenvalue weighted by Gasteiger charge is 2.29. The van der Waals surface area contributed by atoms with Crippen molar-refractivity contribution < 1.29 is 19.2 Å². The summed E-state index contributed by atoms with van der Waals surface area (Å²) in [6.45, 7) is 5.12. The monoisotopic (exact) mass is 354 g/mol. The number of fused-ring (bicyclic) bond motifs is 1. The van der Waals surface area contributed by atoms with E-state index in [4.69, 9.17) is 26.6 Å². The van der Waals surface area contributed by atoms with E-state index in [-0.39, 0.29) is 42.0 Å². The molecule has 2 aromatic rings. The molecule has 3 rings (SSSR count). The fraction of sp³-hybridized carbons (Fsp3) is 0.533. The Labute approximate surface area is 143 Å². The number of nitrogens with zero attached hydrogens (tertiary/aromatic N) is 3. The molecule has 0 aliphatic carbocycles. The quantitative estimate of drug-likeness (QED) is 0.845. The van der Waals surface area contributed by atoms with Gasteiger partial charge in [0.05, 0.1) is 23.6 Å². The van der Waals surface area contributed by atoms with Crippen molar-refractivity contribution in [3.63, 3.8) is 0 Å². The minimum Gasteiger partial charge on any atom is -0.396 e. The minimum atomic E-state index is -0.742. The second-order valence-corrected chi connectivity index (χ2v) is 6.31. The number of carbonyl (C=O) groups is 1. The van der Waals surface area contributed by atoms with Crippen LogP contribution in [0.2, 0.25) is 5.02 Å². The summed E-state index contributed by atoms with van der Waals surface area (Å²) in [5, 5.41) is 13.4. The highest BCUT2D eigenvalue weighted by molar-refractivity contribution is 6.37. The molecule has 1 fully saturated rings. The summed E-state index contributed by atoms with van der Waals surface area (Å²) < 4.78 is 10.9. The number of hydrogen-bond donors (Lipinski definition) is 2. The lowest BCUT2D eigenvalue weighted by molar-refractivity contribution is -0.00527. The van der Waals surface area contributed by atoms with Crippen LogP contribution in [0.15, 0.2) is 4.52 Å². The molecule has 0 saturated carbocycles. The third-order valence-corrected chi connectivity index (χ3v) is 4.26. The first-order valence-corrected chi connectivity index (χ1v) is 8.09. The number of morpholine rings is 1. The van der Waals surface area contributed by atoms with E-state index >= 15 is 0 Å². The van der Waals surface area contributed by atoms with Crippen LogP contribution in [0.5, 0.6) is 0 Å². The molecule has 8 nitrogen and oxygen atoms in total. The molecule has 0 radical (unpaired) electrons. The zero-order valence-electron chi connectivity index (χ0n) is 13.5. The maximum Gasteiger partial charge on any atom is 0.273 e. The van der Waals surface area contributed by atoms with E-state index in [1.807, 2.05) is 13.8 Å². The van der Waals surface area contributed by atoms with E-state index < -0.39 is 5.91 Å². The molecule has 0 bridgehead atoms. The molecule has 2 atom stereocenters. The van der Waals surface area contributed by atoms with Crippen LogP contribution in [0.25, 0.3) is 11.1 Å². The first-order chi connectivity index (χ1) is 11.4. The van der Waals surface area contributed by atoms with Crippen molar-refractivity contribution in [2.75, 3.05) is 24.6 Å². The Hall–Kier alpha value is -1.90. The fourth-order valence-electron chi connectivity index (χ4n) is 3.08. The number of rotatable bonds is 4. The van der Waals surface area contributed by atoms with Crippen LogP contribution in [0.1, 0.15) is 30.0 Å². The zero-order chi connectivity index (χ0) is 17.4. The Bertz CT molecular complexity index is 768. The van der Waals surface area contributed by atoms with Crippen LogP contribution in [0.3, 0.4) is 0 Å². The van der Waals surface area contributed by atoms with E-state index in [0.29, 0.717) is 29.5 Å². The molecule has 0 aromatic carbocycles. The highest BCUT2D eigenvalue weighted by Crippen LogP contribution is 2.37. The van der Waals surface area contributed by atoms with Gasteiger partial charge in [-0.05, 0) is 13.8 Å². The molecular weight excluding hydrogens is 336 g/mol. The van der Waals surface area contributed by atoms with E-state index in [2.05, 4.69) is 15.0 Å². The lowest BCUT2D eigenvalue weighted by Gasteiger charge is -2.37. The van der Waals surface area contributed by atoms with Gasteiger partial charge in [0.25, 0.3) is 5.91 Å². The van der Waals surface area contributed by atoms with Gasteiger partial charge in [0, 0.05) is 26.1 Å². The maximum absolute atomic E-state index is 11.5. The molecule has 2 unspecified atom stereocenters. The molecule has 24 heavy (non-hydrogen) atoms. The average Bonchev–Trinajstić information content (AvgIpc) is 2.91. The van der Waals surface area contributed by atoms with Gasteiger partial charge in [0.15, 0.2) is 5.69 Å². The summed E-state index contributed by atoms with van der Waals surface area (Å²) in [7, 11) is 0. The number of ether oxygens (including phenoxy) is 1. The number of aliphatic hydroxyl groups is 1. The van der Waals surface area contributed by atoms with Gasteiger partial charge in [-0.1, -0.05) is 16.8 Å². The van der Waals surface area contributed by atoms with E-state index in [0.717, 1.165) is 0 Å². The molecule has 1 amide bonds. The van der Waals surface area contributed by atoms with Crippen LogP contribution < -0.4 is 10.6 Å². The Morgan fingerprint density at radius 3 is 2.67 bits per heavy atom. The number of carbonyl (C=O) groups excluding carboxylic acids is 1. The summed E-state index contributed by atoms with van der Waals surface area (Å²) in [6.07, 6.45) is 0.339. The largest absolute Gasteiger partial charge is 0.396 e. The molecule has 1 aliphatic rings. The Kier molecular flexibility index (Phi) is 4.62. The third kappa shape index (κ3) is 2.92. The number of nitrogens with two attached hydrogens (primary N) is 1. The van der Waals surface area contributed by atoms with Crippen molar-refractivity contribution in [3.05, 3.63) is 16.4 Å². The maximum atomic E-state index is 11.5. The number of amides is 1. The molecule has 1 saturated heterocycles. The van der Waals surface area contributed by atoms with Gasteiger partial charge in [-0.15, -0.1) is 0 Å². The summed E-state index contributed by atoms with van der Waals surface area (Å²) in [6, 6.07) is 0. The molecule has 9 heteroatoms. The normalized spacial score (nSPS) is 21.4. The molecule has 130 valence electrons. The van der Waals surface area contributed by atoms with Gasteiger partial charge in [0.2, 0.25) is 5.58 Å². The second kappa shape index (κ2) is 6.54. The molecule has 3 heterocycles. The van der Waals surface area contributed by atoms with Crippen molar-refractivity contribution >= 4 is 34.3 Å². The summed E-state index contributed by atoms with van der Waals surface area (Å²) in [5.41, 5.74) is 6.90. The van der Waals surface area contributed by atoms with Gasteiger partial charge in [-0.25, -0.2) is 4.98 Å². The number of pyridine rings is 1. The fourth-order valence-corrected chi connectivity index (χ4v) is 3.43. The lowest BCUT2D eigenvalue weighted by atomic mass is 10.1. The minimum absolute atomic E-state index is 0.0263. The molecular formula is C15H19ClN4O4. The average molecular weight is 355 g/mol. The van der Waals surface area contributed by atoms with Gasteiger partial charge in [0.1, 0.15) is 10.5 Å². The number of anilines is 1. The summed E-state index contributed by atoms with van der Waals surface area (Å²) in [5.74, 6) is -0.742. The van der Waals surface area contributed by atoms with Crippen LogP contribution in [-0.4, -0.2) is 53.1 Å². The zero-order valence-corrected chi connectivity index (χ0v) is 14.2. The molecule has 2 aromatic heterocycles. The highest BCUT2D eigenvalue weighted by atomic mass is 35.5. The van der Waals surface area contributed by atoms with Crippen LogP contribution in [0, 0.1) is 0 Å². The predicted octanol–water partition coefficient (Wildman–Crippen LogP) is 1.12. The van der Waals surface area contributed by atoms with E-state index in [1.165, 1.54) is 0 Å². The van der Waals surface area contributed by atoms with E-state index in [9.17, 15) is 9.90 Å². The number of aliphatic hydroxyl groups excluding tert-OH is 1. The standard InChI is InChI=1S/C15H19ClN4O4/c1-7-5-20(6-8(2)23-7)13-9(3-4-21)18-11-12(15(17)22)19-24-14(11)10(13)16/h7-8,21H,3-6H2,1-2H3,(H2,17,22). The Balaban J connectivity index is 2.17. The molecule has 3 N–H and O–H groups in total. The van der Waals surface area contributed by atoms with Crippen LogP contribution in [0.4, 0.5) is 5.69 Å². The van der Waals surface area contributed by atoms with Crippen LogP contribution >= 0.6 is 11.6 Å². The second-order valence-electron chi connectivity index (χ2n) is 5.93. The summed E-state index contributed by atoms with van der Waals surface area (Å²) >= 11 is 6.54. The lowest BCUT2D eigenvalue weighted by Crippen LogP contribution is -2.46. The number of aromatic nitrogens is 2. The van der Waals surface area contributed by atoms with Gasteiger partial charge >= 0.3 is 0 Å². The first-order valence-electron chi connectivity index (χ1n) is 7.71. The Morgan fingerprint density at radius 1 is 1.42 bits per heavy atom. The van der Waals surface area contributed by atoms with Gasteiger partial charge in [-0.2, -0.15) is 0 Å².